The van der Waals surface area contributed by atoms with Crippen molar-refractivity contribution in [1.29, 1.82) is 0 Å². The number of nitrogens with zero attached hydrogens (tertiary/aromatic N) is 1. The zero-order valence-corrected chi connectivity index (χ0v) is 16.9. The third kappa shape index (κ3) is 2.82. The van der Waals surface area contributed by atoms with Crippen LogP contribution in [0.1, 0.15) is 43.2 Å². The number of hydrogen-bond acceptors (Lipinski definition) is 4. The number of benzene rings is 2. The van der Waals surface area contributed by atoms with Crippen molar-refractivity contribution in [3.05, 3.63) is 59.7 Å². The first-order chi connectivity index (χ1) is 14.5. The summed E-state index contributed by atoms with van der Waals surface area (Å²) in [7, 11) is 0. The maximum Gasteiger partial charge on any atom is 0.411 e. The molecule has 2 fully saturated rings. The van der Waals surface area contributed by atoms with Crippen LogP contribution >= 0.6 is 0 Å². The number of hydrogen-bond donors (Lipinski definition) is 1. The highest BCUT2D eigenvalue weighted by molar-refractivity contribution is 5.86. The van der Waals surface area contributed by atoms with Crippen molar-refractivity contribution in [2.75, 3.05) is 13.2 Å². The van der Waals surface area contributed by atoms with Crippen LogP contribution in [0.15, 0.2) is 48.5 Å². The van der Waals surface area contributed by atoms with Crippen molar-refractivity contribution >= 4 is 12.1 Å². The molecule has 156 valence electrons. The number of amides is 1. The van der Waals surface area contributed by atoms with Crippen molar-refractivity contribution in [2.24, 2.45) is 0 Å². The van der Waals surface area contributed by atoms with Crippen LogP contribution in [-0.4, -0.2) is 53.0 Å². The minimum Gasteiger partial charge on any atom is -0.479 e. The van der Waals surface area contributed by atoms with E-state index in [2.05, 4.69) is 24.3 Å². The van der Waals surface area contributed by atoms with E-state index in [1.54, 1.807) is 6.92 Å². The molecule has 0 spiro atoms. The van der Waals surface area contributed by atoms with Gasteiger partial charge in [0.1, 0.15) is 6.61 Å². The first kappa shape index (κ1) is 19.1. The predicted molar refractivity (Wildman–Crippen MR) is 110 cm³/mol. The average Bonchev–Trinajstić information content (AvgIpc) is 3.42. The molecule has 0 radical (unpaired) electrons. The van der Waals surface area contributed by atoms with Crippen molar-refractivity contribution in [3.8, 4) is 11.1 Å². The van der Waals surface area contributed by atoms with E-state index < -0.39 is 23.7 Å². The zero-order valence-electron chi connectivity index (χ0n) is 16.9. The van der Waals surface area contributed by atoms with Crippen LogP contribution < -0.4 is 0 Å². The third-order valence-corrected chi connectivity index (χ3v) is 6.77. The predicted octanol–water partition coefficient (Wildman–Crippen LogP) is 4.03. The van der Waals surface area contributed by atoms with Gasteiger partial charge in [0.05, 0.1) is 12.7 Å². The van der Waals surface area contributed by atoms with Crippen LogP contribution in [0, 0.1) is 0 Å². The van der Waals surface area contributed by atoms with Gasteiger partial charge in [0.25, 0.3) is 0 Å². The van der Waals surface area contributed by atoms with E-state index in [9.17, 15) is 14.7 Å². The van der Waals surface area contributed by atoms with Gasteiger partial charge in [-0.1, -0.05) is 48.5 Å². The summed E-state index contributed by atoms with van der Waals surface area (Å²) in [4.78, 5) is 27.0. The molecule has 1 heterocycles. The SMILES string of the molecule is CC1OCCC1(C(=O)O)N(C(=O)OCC1c2ccccc2-c2ccccc21)C1CC1. The molecule has 6 nitrogen and oxygen atoms in total. The van der Waals surface area contributed by atoms with Gasteiger partial charge in [-0.25, -0.2) is 9.59 Å². The summed E-state index contributed by atoms with van der Waals surface area (Å²) in [5, 5.41) is 10.0. The second kappa shape index (κ2) is 7.13. The standard InChI is InChI=1S/C24H25NO5/c1-15-24(22(26)27,12-13-29-15)25(16-10-11-16)23(28)30-14-21-19-8-4-2-6-17(19)18-7-3-5-9-20(18)21/h2-9,15-16,21H,10-14H2,1H3,(H,26,27). The van der Waals surface area contributed by atoms with Crippen molar-refractivity contribution in [3.63, 3.8) is 0 Å². The van der Waals surface area contributed by atoms with Gasteiger partial charge in [0.2, 0.25) is 0 Å². The van der Waals surface area contributed by atoms with E-state index in [1.807, 2.05) is 24.3 Å². The molecule has 2 aromatic rings. The van der Waals surface area contributed by atoms with Crippen LogP contribution in [0.4, 0.5) is 4.79 Å². The molecule has 0 bridgehead atoms. The Kier molecular flexibility index (Phi) is 4.54. The van der Waals surface area contributed by atoms with E-state index in [4.69, 9.17) is 9.47 Å². The van der Waals surface area contributed by atoms with Crippen LogP contribution in [0.2, 0.25) is 0 Å². The summed E-state index contributed by atoms with van der Waals surface area (Å²) in [5.41, 5.74) is 3.23. The lowest BCUT2D eigenvalue weighted by atomic mass is 9.89. The lowest BCUT2D eigenvalue weighted by Gasteiger charge is -2.39. The van der Waals surface area contributed by atoms with E-state index >= 15 is 0 Å². The molecule has 30 heavy (non-hydrogen) atoms. The number of carboxylic acids is 1. The first-order valence-electron chi connectivity index (χ1n) is 10.5. The van der Waals surface area contributed by atoms with E-state index in [1.165, 1.54) is 4.90 Å². The number of rotatable bonds is 5. The summed E-state index contributed by atoms with van der Waals surface area (Å²) in [6, 6.07) is 16.2. The molecule has 1 aliphatic heterocycles. The highest BCUT2D eigenvalue weighted by Crippen LogP contribution is 2.45. The second-order valence-corrected chi connectivity index (χ2v) is 8.40. The lowest BCUT2D eigenvalue weighted by Crippen LogP contribution is -2.62. The topological polar surface area (TPSA) is 76.1 Å². The van der Waals surface area contributed by atoms with Gasteiger partial charge in [-0.3, -0.25) is 4.90 Å². The van der Waals surface area contributed by atoms with E-state index in [0.29, 0.717) is 6.61 Å². The van der Waals surface area contributed by atoms with Crippen LogP contribution in [0.5, 0.6) is 0 Å². The summed E-state index contributed by atoms with van der Waals surface area (Å²) in [6.07, 6.45) is 0.748. The fourth-order valence-electron chi connectivity index (χ4n) is 5.07. The molecule has 2 atom stereocenters. The van der Waals surface area contributed by atoms with Gasteiger partial charge in [-0.15, -0.1) is 0 Å². The molecule has 3 aliphatic rings. The lowest BCUT2D eigenvalue weighted by molar-refractivity contribution is -0.154. The van der Waals surface area contributed by atoms with Gasteiger partial charge < -0.3 is 14.6 Å². The summed E-state index contributed by atoms with van der Waals surface area (Å²) >= 11 is 0. The smallest absolute Gasteiger partial charge is 0.411 e. The molecule has 0 aromatic heterocycles. The highest BCUT2D eigenvalue weighted by Gasteiger charge is 2.59. The summed E-state index contributed by atoms with van der Waals surface area (Å²) < 4.78 is 11.4. The van der Waals surface area contributed by atoms with Gasteiger partial charge >= 0.3 is 12.1 Å². The molecule has 5 rings (SSSR count). The van der Waals surface area contributed by atoms with E-state index in [-0.39, 0.29) is 25.0 Å². The fourth-order valence-corrected chi connectivity index (χ4v) is 5.07. The number of carboxylic acid groups (broad SMARTS) is 1. The Bertz CT molecular complexity index is 955. The van der Waals surface area contributed by atoms with E-state index in [0.717, 1.165) is 35.1 Å². The Morgan fingerprint density at radius 3 is 2.20 bits per heavy atom. The van der Waals surface area contributed by atoms with Crippen molar-refractivity contribution < 1.29 is 24.2 Å². The number of carbonyl (C=O) groups is 2. The van der Waals surface area contributed by atoms with Crippen molar-refractivity contribution in [2.45, 2.75) is 49.8 Å². The molecule has 6 heteroatoms. The largest absolute Gasteiger partial charge is 0.479 e. The minimum atomic E-state index is -1.36. The van der Waals surface area contributed by atoms with Crippen LogP contribution in [0.3, 0.4) is 0 Å². The van der Waals surface area contributed by atoms with Gasteiger partial charge in [0.15, 0.2) is 5.54 Å². The Morgan fingerprint density at radius 1 is 1.10 bits per heavy atom. The number of ether oxygens (including phenoxy) is 2. The molecular formula is C24H25NO5. The summed E-state index contributed by atoms with van der Waals surface area (Å²) in [6.45, 7) is 2.24. The van der Waals surface area contributed by atoms with Crippen LogP contribution in [0.25, 0.3) is 11.1 Å². The van der Waals surface area contributed by atoms with Crippen LogP contribution in [-0.2, 0) is 14.3 Å². The molecule has 2 aliphatic carbocycles. The monoisotopic (exact) mass is 407 g/mol. The molecule has 2 aromatic carbocycles. The Hall–Kier alpha value is -2.86. The molecule has 1 saturated heterocycles. The molecule has 1 N–H and O–H groups in total. The third-order valence-electron chi connectivity index (χ3n) is 6.77. The Morgan fingerprint density at radius 2 is 1.70 bits per heavy atom. The Balaban J connectivity index is 1.41. The van der Waals surface area contributed by atoms with Gasteiger partial charge in [-0.05, 0) is 42.0 Å². The normalized spacial score (nSPS) is 24.9. The number of fused-ring (bicyclic) bond motifs is 3. The molecular weight excluding hydrogens is 382 g/mol. The molecule has 1 amide bonds. The Labute approximate surface area is 175 Å². The maximum atomic E-state index is 13.2. The van der Waals surface area contributed by atoms with Gasteiger partial charge in [0, 0.05) is 18.4 Å². The first-order valence-corrected chi connectivity index (χ1v) is 10.5. The van der Waals surface area contributed by atoms with Crippen molar-refractivity contribution in [1.82, 2.24) is 4.90 Å². The minimum absolute atomic E-state index is 0.0552. The number of carbonyl (C=O) groups excluding carboxylic acids is 1. The van der Waals surface area contributed by atoms with Gasteiger partial charge in [-0.2, -0.15) is 0 Å². The average molecular weight is 407 g/mol. The number of aliphatic carboxylic acids is 1. The quantitative estimate of drug-likeness (QED) is 0.810. The zero-order chi connectivity index (χ0) is 20.9. The highest BCUT2D eigenvalue weighted by atomic mass is 16.6. The second-order valence-electron chi connectivity index (χ2n) is 8.40. The maximum absolute atomic E-state index is 13.2. The molecule has 1 saturated carbocycles. The molecule has 2 unspecified atom stereocenters. The summed E-state index contributed by atoms with van der Waals surface area (Å²) in [5.74, 6) is -1.08. The fraction of sp³-hybridized carbons (Fsp3) is 0.417.